The molecule has 0 aliphatic rings. The molecule has 1 aromatic carbocycles. The van der Waals surface area contributed by atoms with Crippen LogP contribution in [0.5, 0.6) is 0 Å². The molecule has 122 valence electrons. The molecule has 2 heterocycles. The van der Waals surface area contributed by atoms with Crippen LogP contribution in [0.25, 0.3) is 0 Å². The van der Waals surface area contributed by atoms with Crippen LogP contribution in [0.3, 0.4) is 0 Å². The Morgan fingerprint density at radius 3 is 2.58 bits per heavy atom. The van der Waals surface area contributed by atoms with Crippen LogP contribution >= 0.6 is 35.1 Å². The van der Waals surface area contributed by atoms with Crippen molar-refractivity contribution in [2.75, 3.05) is 5.75 Å². The van der Waals surface area contributed by atoms with Crippen LogP contribution in [0.4, 0.5) is 0 Å². The number of nitrogens with zero attached hydrogens (tertiary/aromatic N) is 4. The molecule has 6 nitrogen and oxygen atoms in total. The molecule has 0 unspecified atom stereocenters. The maximum atomic E-state index is 12.1. The van der Waals surface area contributed by atoms with Crippen molar-refractivity contribution in [1.29, 1.82) is 0 Å². The molecule has 0 aliphatic heterocycles. The summed E-state index contributed by atoms with van der Waals surface area (Å²) in [5.74, 6) is 1.14. The van der Waals surface area contributed by atoms with Crippen LogP contribution in [0, 0.1) is 0 Å². The van der Waals surface area contributed by atoms with Crippen LogP contribution in [0.2, 0.25) is 5.02 Å². The van der Waals surface area contributed by atoms with Gasteiger partial charge in [0.25, 0.3) is 5.22 Å². The van der Waals surface area contributed by atoms with Crippen molar-refractivity contribution in [1.82, 2.24) is 20.2 Å². The second kappa shape index (κ2) is 8.27. The molecular weight excluding hydrogens is 368 g/mol. The lowest BCUT2D eigenvalue weighted by atomic mass is 10.1. The van der Waals surface area contributed by atoms with Crippen LogP contribution in [-0.2, 0) is 5.75 Å². The zero-order chi connectivity index (χ0) is 16.8. The predicted octanol–water partition coefficient (Wildman–Crippen LogP) is 3.78. The van der Waals surface area contributed by atoms with Crippen molar-refractivity contribution in [3.8, 4) is 0 Å². The highest BCUT2D eigenvalue weighted by Gasteiger charge is 2.12. The van der Waals surface area contributed by atoms with Gasteiger partial charge in [-0.25, -0.2) is 9.97 Å². The summed E-state index contributed by atoms with van der Waals surface area (Å²) in [6, 6.07) is 8.52. The van der Waals surface area contributed by atoms with Crippen LogP contribution in [0.1, 0.15) is 16.2 Å². The van der Waals surface area contributed by atoms with E-state index in [-0.39, 0.29) is 11.5 Å². The number of carbonyl (C=O) groups excluding carboxylic acids is 1. The topological polar surface area (TPSA) is 81.8 Å². The van der Waals surface area contributed by atoms with E-state index < -0.39 is 0 Å². The van der Waals surface area contributed by atoms with E-state index in [9.17, 15) is 4.79 Å². The minimum Gasteiger partial charge on any atom is -0.415 e. The number of halogens is 1. The summed E-state index contributed by atoms with van der Waals surface area (Å²) < 4.78 is 5.50. The fourth-order valence-corrected chi connectivity index (χ4v) is 3.13. The smallest absolute Gasteiger partial charge is 0.277 e. The van der Waals surface area contributed by atoms with Crippen LogP contribution < -0.4 is 0 Å². The van der Waals surface area contributed by atoms with Crippen molar-refractivity contribution < 1.29 is 9.21 Å². The van der Waals surface area contributed by atoms with Gasteiger partial charge in [0.1, 0.15) is 0 Å². The minimum atomic E-state index is -0.0246. The summed E-state index contributed by atoms with van der Waals surface area (Å²) in [6.45, 7) is 0. The Hall–Kier alpha value is -1.90. The standard InChI is InChI=1S/C15H11ClN4O2S2/c16-11-4-2-10(3-5-11)12(21)8-24-15-20-19-13(22-15)9-23-14-17-6-1-7-18-14/h1-7H,8-9H2. The van der Waals surface area contributed by atoms with Gasteiger partial charge in [0.05, 0.1) is 11.5 Å². The molecule has 0 atom stereocenters. The number of hydrogen-bond acceptors (Lipinski definition) is 8. The highest BCUT2D eigenvalue weighted by atomic mass is 35.5. The third-order valence-electron chi connectivity index (χ3n) is 2.81. The first-order valence-corrected chi connectivity index (χ1v) is 9.19. The largest absolute Gasteiger partial charge is 0.415 e. The maximum absolute atomic E-state index is 12.1. The first-order chi connectivity index (χ1) is 11.7. The molecule has 0 aliphatic carbocycles. The van der Waals surface area contributed by atoms with Gasteiger partial charge < -0.3 is 4.42 Å². The van der Waals surface area contributed by atoms with Crippen LogP contribution in [0.15, 0.2) is 57.5 Å². The monoisotopic (exact) mass is 378 g/mol. The third kappa shape index (κ3) is 4.80. The summed E-state index contributed by atoms with van der Waals surface area (Å²) in [4.78, 5) is 20.3. The fourth-order valence-electron chi connectivity index (χ4n) is 1.69. The quantitative estimate of drug-likeness (QED) is 0.349. The van der Waals surface area contributed by atoms with E-state index >= 15 is 0 Å². The Morgan fingerprint density at radius 2 is 1.83 bits per heavy atom. The van der Waals surface area contributed by atoms with Crippen LogP contribution in [-0.4, -0.2) is 31.7 Å². The molecule has 0 spiro atoms. The van der Waals surface area contributed by atoms with Gasteiger partial charge in [-0.15, -0.1) is 10.2 Å². The summed E-state index contributed by atoms with van der Waals surface area (Å²) in [5.41, 5.74) is 0.600. The number of aromatic nitrogens is 4. The van der Waals surface area contributed by atoms with E-state index in [1.54, 1.807) is 42.7 Å². The zero-order valence-corrected chi connectivity index (χ0v) is 14.6. The Bertz CT molecular complexity index is 812. The molecular formula is C15H11ClN4O2S2. The summed E-state index contributed by atoms with van der Waals surface area (Å²) in [7, 11) is 0. The van der Waals surface area contributed by atoms with E-state index in [4.69, 9.17) is 16.0 Å². The van der Waals surface area contributed by atoms with Crippen molar-refractivity contribution in [3.63, 3.8) is 0 Å². The lowest BCUT2D eigenvalue weighted by Gasteiger charge is -1.99. The average molecular weight is 379 g/mol. The second-order valence-electron chi connectivity index (χ2n) is 4.50. The van der Waals surface area contributed by atoms with Crippen molar-refractivity contribution >= 4 is 40.9 Å². The molecule has 3 aromatic rings. The number of benzene rings is 1. The number of Topliss-reactive ketones (excluding diaryl/α,β-unsaturated/α-hetero) is 1. The number of carbonyl (C=O) groups is 1. The van der Waals surface area contributed by atoms with Gasteiger partial charge in [-0.2, -0.15) is 0 Å². The minimum absolute atomic E-state index is 0.0246. The fraction of sp³-hybridized carbons (Fsp3) is 0.133. The molecule has 0 saturated heterocycles. The Kier molecular flexibility index (Phi) is 5.84. The molecule has 3 rings (SSSR count). The van der Waals surface area contributed by atoms with Gasteiger partial charge in [-0.05, 0) is 30.3 Å². The van der Waals surface area contributed by atoms with E-state index in [0.29, 0.717) is 32.6 Å². The number of thioether (sulfide) groups is 2. The highest BCUT2D eigenvalue weighted by molar-refractivity contribution is 7.99. The van der Waals surface area contributed by atoms with Crippen molar-refractivity contribution in [2.24, 2.45) is 0 Å². The van der Waals surface area contributed by atoms with Gasteiger partial charge in [0, 0.05) is 23.0 Å². The lowest BCUT2D eigenvalue weighted by molar-refractivity contribution is 0.102. The molecule has 0 amide bonds. The Morgan fingerprint density at radius 1 is 1.08 bits per heavy atom. The van der Waals surface area contributed by atoms with Gasteiger partial charge in [-0.3, -0.25) is 4.79 Å². The van der Waals surface area contributed by atoms with E-state index in [2.05, 4.69) is 20.2 Å². The average Bonchev–Trinajstić information content (AvgIpc) is 3.07. The van der Waals surface area contributed by atoms with E-state index in [0.717, 1.165) is 0 Å². The molecule has 0 bridgehead atoms. The first kappa shape index (κ1) is 16.9. The van der Waals surface area contributed by atoms with Gasteiger partial charge >= 0.3 is 0 Å². The van der Waals surface area contributed by atoms with Crippen molar-refractivity contribution in [2.45, 2.75) is 16.1 Å². The number of hydrogen-bond donors (Lipinski definition) is 0. The predicted molar refractivity (Wildman–Crippen MR) is 92.4 cm³/mol. The third-order valence-corrected chi connectivity index (χ3v) is 4.74. The molecule has 0 fully saturated rings. The van der Waals surface area contributed by atoms with Gasteiger partial charge in [0.2, 0.25) is 5.89 Å². The van der Waals surface area contributed by atoms with E-state index in [1.807, 2.05) is 0 Å². The lowest BCUT2D eigenvalue weighted by Crippen LogP contribution is -2.01. The molecule has 24 heavy (non-hydrogen) atoms. The molecule has 0 saturated carbocycles. The second-order valence-corrected chi connectivity index (χ2v) is 6.81. The summed E-state index contributed by atoms with van der Waals surface area (Å²) in [6.07, 6.45) is 3.35. The molecule has 9 heteroatoms. The zero-order valence-electron chi connectivity index (χ0n) is 12.3. The maximum Gasteiger partial charge on any atom is 0.277 e. The highest BCUT2D eigenvalue weighted by Crippen LogP contribution is 2.22. The summed E-state index contributed by atoms with van der Waals surface area (Å²) >= 11 is 8.41. The van der Waals surface area contributed by atoms with Crippen molar-refractivity contribution in [3.05, 3.63) is 59.2 Å². The first-order valence-electron chi connectivity index (χ1n) is 6.84. The molecule has 2 aromatic heterocycles. The van der Waals surface area contributed by atoms with Gasteiger partial charge in [-0.1, -0.05) is 35.1 Å². The molecule has 0 radical (unpaired) electrons. The SMILES string of the molecule is O=C(CSc1nnc(CSc2ncccn2)o1)c1ccc(Cl)cc1. The number of ketones is 1. The summed E-state index contributed by atoms with van der Waals surface area (Å²) in [5, 5.41) is 9.48. The Balaban J connectivity index is 1.50. The number of rotatable bonds is 7. The van der Waals surface area contributed by atoms with E-state index in [1.165, 1.54) is 23.5 Å². The van der Waals surface area contributed by atoms with Gasteiger partial charge in [0.15, 0.2) is 10.9 Å². The molecule has 0 N–H and O–H groups in total. The Labute approximate surface area is 151 Å². The normalized spacial score (nSPS) is 10.7.